The van der Waals surface area contributed by atoms with E-state index in [1.807, 2.05) is 0 Å². The molecule has 1 amide bonds. The molecule has 2 aliphatic rings. The maximum Gasteiger partial charge on any atom is 0.241 e. The van der Waals surface area contributed by atoms with Crippen molar-refractivity contribution in [2.45, 2.75) is 38.3 Å². The molecule has 104 valence electrons. The molecular weight excluding hydrogens is 254 g/mol. The number of piperazine rings is 1. The number of nitrogens with zero attached hydrogens (tertiary/aromatic N) is 1. The third-order valence-electron chi connectivity index (χ3n) is 3.69. The highest BCUT2D eigenvalue weighted by Gasteiger charge is 2.44. The van der Waals surface area contributed by atoms with E-state index in [1.165, 1.54) is 4.31 Å². The van der Waals surface area contributed by atoms with E-state index in [0.29, 0.717) is 13.1 Å². The minimum absolute atomic E-state index is 0.0239. The normalized spacial score (nSPS) is 29.2. The number of hydrogen-bond acceptors (Lipinski definition) is 4. The molecule has 0 saturated carbocycles. The molecule has 0 bridgehead atoms. The average Bonchev–Trinajstić information content (AvgIpc) is 2.73. The minimum atomic E-state index is -3.40. The van der Waals surface area contributed by atoms with E-state index in [9.17, 15) is 13.2 Å². The van der Waals surface area contributed by atoms with Gasteiger partial charge in [0.05, 0.1) is 5.75 Å². The Balaban J connectivity index is 2.15. The first-order valence-corrected chi connectivity index (χ1v) is 7.97. The van der Waals surface area contributed by atoms with Gasteiger partial charge in [-0.05, 0) is 33.2 Å². The number of carbonyl (C=O) groups is 1. The van der Waals surface area contributed by atoms with Crippen LogP contribution in [0.2, 0.25) is 0 Å². The molecule has 0 aromatic heterocycles. The summed E-state index contributed by atoms with van der Waals surface area (Å²) in [5, 5.41) is 5.89. The van der Waals surface area contributed by atoms with Crippen molar-refractivity contribution in [3.8, 4) is 0 Å². The summed E-state index contributed by atoms with van der Waals surface area (Å²) in [7, 11) is -3.40. The van der Waals surface area contributed by atoms with Gasteiger partial charge in [0.15, 0.2) is 0 Å². The van der Waals surface area contributed by atoms with Crippen molar-refractivity contribution >= 4 is 15.9 Å². The van der Waals surface area contributed by atoms with E-state index < -0.39 is 15.6 Å². The fourth-order valence-corrected chi connectivity index (χ4v) is 4.73. The Kier molecular flexibility index (Phi) is 3.66. The van der Waals surface area contributed by atoms with Crippen LogP contribution in [0.3, 0.4) is 0 Å². The van der Waals surface area contributed by atoms with Crippen molar-refractivity contribution in [3.63, 3.8) is 0 Å². The fourth-order valence-electron chi connectivity index (χ4n) is 2.61. The van der Waals surface area contributed by atoms with Crippen LogP contribution < -0.4 is 10.6 Å². The molecular formula is C11H21N3O3S. The van der Waals surface area contributed by atoms with Crippen LogP contribution >= 0.6 is 0 Å². The van der Waals surface area contributed by atoms with Gasteiger partial charge in [0.2, 0.25) is 15.9 Å². The lowest BCUT2D eigenvalue weighted by Gasteiger charge is -2.40. The lowest BCUT2D eigenvalue weighted by Crippen LogP contribution is -2.64. The second-order valence-electron chi connectivity index (χ2n) is 5.46. The first-order chi connectivity index (χ1) is 8.34. The van der Waals surface area contributed by atoms with E-state index in [4.69, 9.17) is 0 Å². The molecule has 0 aromatic carbocycles. The first kappa shape index (κ1) is 13.8. The van der Waals surface area contributed by atoms with Crippen LogP contribution in [0, 0.1) is 0 Å². The maximum atomic E-state index is 12.4. The molecule has 7 heteroatoms. The quantitative estimate of drug-likeness (QED) is 0.712. The van der Waals surface area contributed by atoms with Gasteiger partial charge in [-0.15, -0.1) is 0 Å². The van der Waals surface area contributed by atoms with E-state index in [2.05, 4.69) is 10.6 Å². The van der Waals surface area contributed by atoms with Gasteiger partial charge in [-0.25, -0.2) is 8.42 Å². The molecule has 18 heavy (non-hydrogen) atoms. The van der Waals surface area contributed by atoms with Gasteiger partial charge in [-0.3, -0.25) is 4.79 Å². The van der Waals surface area contributed by atoms with Crippen LogP contribution in [0.15, 0.2) is 0 Å². The standard InChI is InChI=1S/C11H21N3O3S/c1-11(2)10(15)13-6-7-14(11)18(16,17)8-9-4-3-5-12-9/h9,12H,3-8H2,1-2H3,(H,13,15). The highest BCUT2D eigenvalue weighted by Crippen LogP contribution is 2.23. The smallest absolute Gasteiger partial charge is 0.241 e. The predicted molar refractivity (Wildman–Crippen MR) is 68.6 cm³/mol. The molecule has 2 aliphatic heterocycles. The van der Waals surface area contributed by atoms with Gasteiger partial charge >= 0.3 is 0 Å². The summed E-state index contributed by atoms with van der Waals surface area (Å²) in [6.45, 7) is 4.93. The summed E-state index contributed by atoms with van der Waals surface area (Å²) < 4.78 is 26.2. The molecule has 2 fully saturated rings. The highest BCUT2D eigenvalue weighted by molar-refractivity contribution is 7.89. The van der Waals surface area contributed by atoms with Gasteiger partial charge in [-0.1, -0.05) is 0 Å². The fraction of sp³-hybridized carbons (Fsp3) is 0.909. The van der Waals surface area contributed by atoms with Crippen LogP contribution in [0.25, 0.3) is 0 Å². The van der Waals surface area contributed by atoms with Crippen LogP contribution in [-0.4, -0.2) is 55.6 Å². The van der Waals surface area contributed by atoms with Crippen molar-refractivity contribution in [1.82, 2.24) is 14.9 Å². The Morgan fingerprint density at radius 2 is 2.11 bits per heavy atom. The molecule has 2 rings (SSSR count). The van der Waals surface area contributed by atoms with E-state index >= 15 is 0 Å². The van der Waals surface area contributed by atoms with Crippen molar-refractivity contribution in [2.24, 2.45) is 0 Å². The Morgan fingerprint density at radius 3 is 2.72 bits per heavy atom. The number of sulfonamides is 1. The van der Waals surface area contributed by atoms with E-state index in [1.54, 1.807) is 13.8 Å². The summed E-state index contributed by atoms with van der Waals surface area (Å²) in [5.74, 6) is -0.138. The van der Waals surface area contributed by atoms with Gasteiger partial charge in [0.1, 0.15) is 5.54 Å². The van der Waals surface area contributed by atoms with Crippen LogP contribution in [0.1, 0.15) is 26.7 Å². The lowest BCUT2D eigenvalue weighted by molar-refractivity contribution is -0.131. The Hall–Kier alpha value is -0.660. The predicted octanol–water partition coefficient (Wildman–Crippen LogP) is -0.721. The number of rotatable bonds is 3. The zero-order valence-corrected chi connectivity index (χ0v) is 11.7. The molecule has 0 aromatic rings. The van der Waals surface area contributed by atoms with Crippen molar-refractivity contribution in [2.75, 3.05) is 25.4 Å². The molecule has 1 atom stereocenters. The van der Waals surface area contributed by atoms with Crippen LogP contribution in [0.4, 0.5) is 0 Å². The van der Waals surface area contributed by atoms with Crippen LogP contribution in [-0.2, 0) is 14.8 Å². The number of amides is 1. The van der Waals surface area contributed by atoms with Gasteiger partial charge in [-0.2, -0.15) is 4.31 Å². The molecule has 6 nitrogen and oxygen atoms in total. The second kappa shape index (κ2) is 4.79. The Bertz CT molecular complexity index is 427. The molecule has 2 heterocycles. The van der Waals surface area contributed by atoms with Crippen LogP contribution in [0.5, 0.6) is 0 Å². The van der Waals surface area contributed by atoms with Crippen molar-refractivity contribution in [3.05, 3.63) is 0 Å². The third kappa shape index (κ3) is 2.53. The topological polar surface area (TPSA) is 78.5 Å². The number of nitrogens with one attached hydrogen (secondary N) is 2. The monoisotopic (exact) mass is 275 g/mol. The van der Waals surface area contributed by atoms with Gasteiger partial charge in [0, 0.05) is 19.1 Å². The molecule has 2 saturated heterocycles. The Morgan fingerprint density at radius 1 is 1.39 bits per heavy atom. The second-order valence-corrected chi connectivity index (χ2v) is 7.40. The molecule has 2 N–H and O–H groups in total. The largest absolute Gasteiger partial charge is 0.353 e. The molecule has 0 radical (unpaired) electrons. The third-order valence-corrected chi connectivity index (χ3v) is 5.82. The minimum Gasteiger partial charge on any atom is -0.353 e. The SMILES string of the molecule is CC1(C)C(=O)NCCN1S(=O)(=O)CC1CCCN1. The number of hydrogen-bond donors (Lipinski definition) is 2. The number of carbonyl (C=O) groups excluding carboxylic acids is 1. The average molecular weight is 275 g/mol. The highest BCUT2D eigenvalue weighted by atomic mass is 32.2. The molecule has 0 spiro atoms. The lowest BCUT2D eigenvalue weighted by atomic mass is 10.0. The maximum absolute atomic E-state index is 12.4. The zero-order chi connectivity index (χ0) is 13.4. The Labute approximate surface area is 108 Å². The summed E-state index contributed by atoms with van der Waals surface area (Å²) in [5.41, 5.74) is -0.990. The summed E-state index contributed by atoms with van der Waals surface area (Å²) >= 11 is 0. The first-order valence-electron chi connectivity index (χ1n) is 6.36. The summed E-state index contributed by atoms with van der Waals surface area (Å²) in [6, 6.07) is 0.0239. The molecule has 1 unspecified atom stereocenters. The van der Waals surface area contributed by atoms with E-state index in [0.717, 1.165) is 19.4 Å². The van der Waals surface area contributed by atoms with Gasteiger partial charge < -0.3 is 10.6 Å². The zero-order valence-electron chi connectivity index (χ0n) is 10.9. The van der Waals surface area contributed by atoms with Gasteiger partial charge in [0.25, 0.3) is 0 Å². The van der Waals surface area contributed by atoms with E-state index in [-0.39, 0.29) is 17.7 Å². The summed E-state index contributed by atoms with van der Waals surface area (Å²) in [6.07, 6.45) is 1.91. The van der Waals surface area contributed by atoms with Crippen molar-refractivity contribution < 1.29 is 13.2 Å². The molecule has 0 aliphatic carbocycles. The summed E-state index contributed by atoms with van der Waals surface area (Å²) in [4.78, 5) is 11.8. The van der Waals surface area contributed by atoms with Crippen molar-refractivity contribution in [1.29, 1.82) is 0 Å².